The summed E-state index contributed by atoms with van der Waals surface area (Å²) in [6.07, 6.45) is 4.91. The highest BCUT2D eigenvalue weighted by molar-refractivity contribution is 9.09. The summed E-state index contributed by atoms with van der Waals surface area (Å²) in [5, 5.41) is 0. The Labute approximate surface area is 124 Å². The maximum Gasteiger partial charge on any atom is 0.0647 e. The minimum absolute atomic E-state index is 0.314. The van der Waals surface area contributed by atoms with Gasteiger partial charge in [0.2, 0.25) is 0 Å². The van der Waals surface area contributed by atoms with Crippen LogP contribution in [0.4, 0.5) is 0 Å². The van der Waals surface area contributed by atoms with Crippen LogP contribution in [0.1, 0.15) is 46.0 Å². The van der Waals surface area contributed by atoms with Gasteiger partial charge in [0.15, 0.2) is 0 Å². The highest BCUT2D eigenvalue weighted by Gasteiger charge is 2.17. The first-order valence-electron chi connectivity index (χ1n) is 7.13. The fourth-order valence-electron chi connectivity index (χ4n) is 3.03. The standard InChI is InChI=1S/C18H19Br/c1-2-13-6-3-4-9-17(13)18(19)16-11-10-14-7-5-8-15(14)12-16/h3-4,6,9-12,18H,2,5,7-8H2,1H3. The molecule has 0 bridgehead atoms. The van der Waals surface area contributed by atoms with Crippen molar-refractivity contribution in [1.82, 2.24) is 0 Å². The van der Waals surface area contributed by atoms with E-state index in [4.69, 9.17) is 0 Å². The van der Waals surface area contributed by atoms with Gasteiger partial charge in [-0.3, -0.25) is 0 Å². The highest BCUT2D eigenvalue weighted by Crippen LogP contribution is 2.35. The van der Waals surface area contributed by atoms with Gasteiger partial charge in [0, 0.05) is 0 Å². The molecule has 0 spiro atoms. The molecule has 0 amide bonds. The SMILES string of the molecule is CCc1ccccc1C(Br)c1ccc2c(c1)CCC2. The predicted molar refractivity (Wildman–Crippen MR) is 85.1 cm³/mol. The van der Waals surface area contributed by atoms with Crippen molar-refractivity contribution in [2.45, 2.75) is 37.4 Å². The van der Waals surface area contributed by atoms with Gasteiger partial charge in [-0.1, -0.05) is 65.3 Å². The number of hydrogen-bond donors (Lipinski definition) is 0. The summed E-state index contributed by atoms with van der Waals surface area (Å²) in [6.45, 7) is 2.22. The van der Waals surface area contributed by atoms with Gasteiger partial charge in [0.25, 0.3) is 0 Å². The van der Waals surface area contributed by atoms with E-state index < -0.39 is 0 Å². The van der Waals surface area contributed by atoms with E-state index in [2.05, 4.69) is 65.3 Å². The Kier molecular flexibility index (Phi) is 3.74. The lowest BCUT2D eigenvalue weighted by molar-refractivity contribution is 0.911. The lowest BCUT2D eigenvalue weighted by Gasteiger charge is -2.16. The molecule has 19 heavy (non-hydrogen) atoms. The maximum atomic E-state index is 3.89. The molecule has 3 rings (SSSR count). The molecule has 0 saturated heterocycles. The number of fused-ring (bicyclic) bond motifs is 1. The third-order valence-corrected chi connectivity index (χ3v) is 5.15. The van der Waals surface area contributed by atoms with E-state index in [9.17, 15) is 0 Å². The molecule has 2 aromatic rings. The van der Waals surface area contributed by atoms with Crippen LogP contribution in [0.5, 0.6) is 0 Å². The molecular weight excluding hydrogens is 296 g/mol. The Balaban J connectivity index is 1.97. The molecule has 0 fully saturated rings. The minimum atomic E-state index is 0.314. The summed E-state index contributed by atoms with van der Waals surface area (Å²) in [5.74, 6) is 0. The second-order valence-electron chi connectivity index (χ2n) is 5.30. The van der Waals surface area contributed by atoms with Crippen LogP contribution in [0.3, 0.4) is 0 Å². The van der Waals surface area contributed by atoms with Crippen LogP contribution in [0.15, 0.2) is 42.5 Å². The predicted octanol–water partition coefficient (Wildman–Crippen LogP) is 5.22. The molecule has 1 aliphatic carbocycles. The summed E-state index contributed by atoms with van der Waals surface area (Å²) in [6, 6.07) is 15.7. The number of alkyl halides is 1. The van der Waals surface area contributed by atoms with Gasteiger partial charge < -0.3 is 0 Å². The van der Waals surface area contributed by atoms with Gasteiger partial charge in [-0.2, -0.15) is 0 Å². The summed E-state index contributed by atoms with van der Waals surface area (Å²) >= 11 is 3.89. The van der Waals surface area contributed by atoms with Crippen molar-refractivity contribution in [3.63, 3.8) is 0 Å². The van der Waals surface area contributed by atoms with Crippen LogP contribution in [0.25, 0.3) is 0 Å². The Bertz CT molecular complexity index is 586. The average Bonchev–Trinajstić information content (AvgIpc) is 2.93. The first-order valence-corrected chi connectivity index (χ1v) is 8.04. The monoisotopic (exact) mass is 314 g/mol. The third-order valence-electron chi connectivity index (χ3n) is 4.12. The molecule has 0 aliphatic heterocycles. The number of aryl methyl sites for hydroxylation is 3. The second-order valence-corrected chi connectivity index (χ2v) is 6.21. The molecule has 0 aromatic heterocycles. The normalized spacial score (nSPS) is 15.3. The second kappa shape index (κ2) is 5.50. The molecule has 98 valence electrons. The molecule has 1 atom stereocenters. The molecule has 2 aromatic carbocycles. The third kappa shape index (κ3) is 2.49. The van der Waals surface area contributed by atoms with Crippen molar-refractivity contribution in [2.75, 3.05) is 0 Å². The van der Waals surface area contributed by atoms with Crippen molar-refractivity contribution in [2.24, 2.45) is 0 Å². The largest absolute Gasteiger partial charge is 0.0786 e. The smallest absolute Gasteiger partial charge is 0.0647 e. The van der Waals surface area contributed by atoms with E-state index in [-0.39, 0.29) is 0 Å². The van der Waals surface area contributed by atoms with Crippen molar-refractivity contribution < 1.29 is 0 Å². The van der Waals surface area contributed by atoms with E-state index in [0.29, 0.717) is 4.83 Å². The Morgan fingerprint density at radius 2 is 1.84 bits per heavy atom. The van der Waals surface area contributed by atoms with Gasteiger partial charge >= 0.3 is 0 Å². The quantitative estimate of drug-likeness (QED) is 0.681. The zero-order valence-corrected chi connectivity index (χ0v) is 12.9. The Morgan fingerprint density at radius 3 is 2.68 bits per heavy atom. The van der Waals surface area contributed by atoms with E-state index in [1.165, 1.54) is 36.0 Å². The molecular formula is C18H19Br. The first kappa shape index (κ1) is 12.9. The van der Waals surface area contributed by atoms with E-state index in [1.807, 2.05) is 0 Å². The van der Waals surface area contributed by atoms with Crippen LogP contribution >= 0.6 is 15.9 Å². The summed E-state index contributed by atoms with van der Waals surface area (Å²) in [4.78, 5) is 0.314. The lowest BCUT2D eigenvalue weighted by Crippen LogP contribution is -1.99. The molecule has 1 unspecified atom stereocenters. The fourth-order valence-corrected chi connectivity index (χ4v) is 3.76. The average molecular weight is 315 g/mol. The molecule has 1 heteroatoms. The lowest BCUT2D eigenvalue weighted by atomic mass is 9.96. The number of hydrogen-bond acceptors (Lipinski definition) is 0. The van der Waals surface area contributed by atoms with E-state index >= 15 is 0 Å². The fraction of sp³-hybridized carbons (Fsp3) is 0.333. The number of halogens is 1. The summed E-state index contributed by atoms with van der Waals surface area (Å²) in [5.41, 5.74) is 7.33. The molecule has 0 N–H and O–H groups in total. The van der Waals surface area contributed by atoms with Crippen LogP contribution in [0, 0.1) is 0 Å². The molecule has 0 heterocycles. The molecule has 0 radical (unpaired) electrons. The van der Waals surface area contributed by atoms with Gasteiger partial charge in [0.1, 0.15) is 0 Å². The van der Waals surface area contributed by atoms with E-state index in [0.717, 1.165) is 6.42 Å². The minimum Gasteiger partial charge on any atom is -0.0786 e. The van der Waals surface area contributed by atoms with Gasteiger partial charge in [-0.05, 0) is 53.5 Å². The highest BCUT2D eigenvalue weighted by atomic mass is 79.9. The van der Waals surface area contributed by atoms with Gasteiger partial charge in [0.05, 0.1) is 4.83 Å². The molecule has 1 aliphatic rings. The first-order chi connectivity index (χ1) is 9.29. The molecule has 0 saturated carbocycles. The maximum absolute atomic E-state index is 3.89. The zero-order chi connectivity index (χ0) is 13.2. The Morgan fingerprint density at radius 1 is 1.05 bits per heavy atom. The number of rotatable bonds is 3. The van der Waals surface area contributed by atoms with E-state index in [1.54, 1.807) is 11.1 Å². The van der Waals surface area contributed by atoms with Crippen molar-refractivity contribution in [1.29, 1.82) is 0 Å². The van der Waals surface area contributed by atoms with Crippen LogP contribution < -0.4 is 0 Å². The topological polar surface area (TPSA) is 0 Å². The van der Waals surface area contributed by atoms with Crippen LogP contribution in [-0.4, -0.2) is 0 Å². The van der Waals surface area contributed by atoms with Crippen molar-refractivity contribution in [3.05, 3.63) is 70.3 Å². The summed E-state index contributed by atoms with van der Waals surface area (Å²) in [7, 11) is 0. The molecule has 0 nitrogen and oxygen atoms in total. The van der Waals surface area contributed by atoms with Gasteiger partial charge in [-0.25, -0.2) is 0 Å². The van der Waals surface area contributed by atoms with Crippen LogP contribution in [-0.2, 0) is 19.3 Å². The van der Waals surface area contributed by atoms with Crippen LogP contribution in [0.2, 0.25) is 0 Å². The van der Waals surface area contributed by atoms with Crippen molar-refractivity contribution >= 4 is 15.9 Å². The van der Waals surface area contributed by atoms with Gasteiger partial charge in [-0.15, -0.1) is 0 Å². The number of benzene rings is 2. The summed E-state index contributed by atoms with van der Waals surface area (Å²) < 4.78 is 0. The Hall–Kier alpha value is -1.08. The zero-order valence-electron chi connectivity index (χ0n) is 11.3. The van der Waals surface area contributed by atoms with Crippen molar-refractivity contribution in [3.8, 4) is 0 Å².